The summed E-state index contributed by atoms with van der Waals surface area (Å²) in [6, 6.07) is 16.3. The fourth-order valence-electron chi connectivity index (χ4n) is 3.34. The van der Waals surface area contributed by atoms with E-state index in [0.717, 1.165) is 10.5 Å². The van der Waals surface area contributed by atoms with E-state index in [1.54, 1.807) is 48.5 Å². The van der Waals surface area contributed by atoms with Gasteiger partial charge < -0.3 is 9.47 Å². The highest BCUT2D eigenvalue weighted by atomic mass is 35.5. The number of ether oxygens (including phenoxy) is 2. The van der Waals surface area contributed by atoms with Crippen molar-refractivity contribution in [3.05, 3.63) is 94.3 Å². The van der Waals surface area contributed by atoms with E-state index in [4.69, 9.17) is 21.1 Å². The van der Waals surface area contributed by atoms with Crippen LogP contribution in [-0.2, 0) is 16.2 Å². The number of anilines is 1. The number of halogens is 2. The van der Waals surface area contributed by atoms with E-state index >= 15 is 0 Å². The number of barbiturate groups is 1. The number of imide groups is 2. The maximum absolute atomic E-state index is 13.1. The van der Waals surface area contributed by atoms with Crippen molar-refractivity contribution in [1.82, 2.24) is 5.32 Å². The van der Waals surface area contributed by atoms with Crippen molar-refractivity contribution in [2.75, 3.05) is 12.0 Å². The van der Waals surface area contributed by atoms with Gasteiger partial charge in [0.05, 0.1) is 17.8 Å². The number of rotatable bonds is 6. The molecule has 1 N–H and O–H groups in total. The first-order valence-electron chi connectivity index (χ1n) is 10.1. The standard InChI is InChI=1S/C25H18ClFN2O5/c1-33-21-13-16(12-20(26)22(21)34-14-15-7-9-17(27)10-8-15)11-19-23(30)28-25(32)29(24(19)31)18-5-3-2-4-6-18/h2-13H,14H2,1H3,(H,28,30,32)/b19-11-. The van der Waals surface area contributed by atoms with Crippen LogP contribution in [0.4, 0.5) is 14.9 Å². The number of nitrogens with zero attached hydrogens (tertiary/aromatic N) is 1. The van der Waals surface area contributed by atoms with Crippen molar-refractivity contribution < 1.29 is 28.2 Å². The summed E-state index contributed by atoms with van der Waals surface area (Å²) in [7, 11) is 1.42. The summed E-state index contributed by atoms with van der Waals surface area (Å²) < 4.78 is 24.2. The van der Waals surface area contributed by atoms with Crippen LogP contribution in [0, 0.1) is 5.82 Å². The highest BCUT2D eigenvalue weighted by Gasteiger charge is 2.36. The van der Waals surface area contributed by atoms with Crippen LogP contribution >= 0.6 is 11.6 Å². The third-order valence-electron chi connectivity index (χ3n) is 4.98. The molecule has 4 amide bonds. The second-order valence-electron chi connectivity index (χ2n) is 7.24. The predicted molar refractivity (Wildman–Crippen MR) is 124 cm³/mol. The van der Waals surface area contributed by atoms with Gasteiger partial charge in [-0.2, -0.15) is 0 Å². The number of urea groups is 1. The van der Waals surface area contributed by atoms with Gasteiger partial charge in [0.1, 0.15) is 18.0 Å². The average molecular weight is 481 g/mol. The Balaban J connectivity index is 1.63. The number of amides is 4. The molecule has 0 aromatic heterocycles. The highest BCUT2D eigenvalue weighted by molar-refractivity contribution is 6.39. The lowest BCUT2D eigenvalue weighted by Gasteiger charge is -2.26. The number of carbonyl (C=O) groups is 3. The van der Waals surface area contributed by atoms with Gasteiger partial charge in [-0.05, 0) is 53.6 Å². The third kappa shape index (κ3) is 4.77. The lowest BCUT2D eigenvalue weighted by Crippen LogP contribution is -2.54. The van der Waals surface area contributed by atoms with Gasteiger partial charge in [-0.25, -0.2) is 14.1 Å². The second kappa shape index (κ2) is 9.76. The molecule has 0 bridgehead atoms. The zero-order valence-corrected chi connectivity index (χ0v) is 18.6. The van der Waals surface area contributed by atoms with Crippen molar-refractivity contribution in [2.45, 2.75) is 6.61 Å². The third-order valence-corrected chi connectivity index (χ3v) is 5.26. The lowest BCUT2D eigenvalue weighted by atomic mass is 10.1. The number of para-hydroxylation sites is 1. The van der Waals surface area contributed by atoms with Crippen molar-refractivity contribution in [2.24, 2.45) is 0 Å². The molecule has 9 heteroatoms. The van der Waals surface area contributed by atoms with Crippen molar-refractivity contribution in [3.8, 4) is 11.5 Å². The molecule has 1 heterocycles. The van der Waals surface area contributed by atoms with Gasteiger partial charge in [-0.3, -0.25) is 14.9 Å². The molecule has 7 nitrogen and oxygen atoms in total. The maximum atomic E-state index is 13.1. The Morgan fingerprint density at radius 2 is 1.74 bits per heavy atom. The predicted octanol–water partition coefficient (Wildman–Crippen LogP) is 4.73. The smallest absolute Gasteiger partial charge is 0.335 e. The minimum Gasteiger partial charge on any atom is -0.493 e. The average Bonchev–Trinajstić information content (AvgIpc) is 2.82. The number of methoxy groups -OCH3 is 1. The van der Waals surface area contributed by atoms with E-state index in [0.29, 0.717) is 11.3 Å². The molecule has 1 aliphatic heterocycles. The normalized spacial score (nSPS) is 14.9. The van der Waals surface area contributed by atoms with Gasteiger partial charge in [0.2, 0.25) is 0 Å². The monoisotopic (exact) mass is 480 g/mol. The van der Waals surface area contributed by atoms with Crippen LogP contribution in [0.25, 0.3) is 6.08 Å². The fraction of sp³-hybridized carbons (Fsp3) is 0.0800. The molecule has 3 aromatic carbocycles. The number of nitrogens with one attached hydrogen (secondary N) is 1. The van der Waals surface area contributed by atoms with Gasteiger partial charge in [-0.1, -0.05) is 41.9 Å². The van der Waals surface area contributed by atoms with Crippen molar-refractivity contribution >= 4 is 41.2 Å². The molecule has 0 saturated carbocycles. The minimum absolute atomic E-state index is 0.117. The molecular weight excluding hydrogens is 463 g/mol. The summed E-state index contributed by atoms with van der Waals surface area (Å²) in [6.07, 6.45) is 1.32. The van der Waals surface area contributed by atoms with Crippen LogP contribution < -0.4 is 19.7 Å². The minimum atomic E-state index is -0.835. The Hall–Kier alpha value is -4.17. The molecule has 0 aliphatic carbocycles. The van der Waals surface area contributed by atoms with Gasteiger partial charge >= 0.3 is 6.03 Å². The fourth-order valence-corrected chi connectivity index (χ4v) is 3.61. The topological polar surface area (TPSA) is 84.9 Å². The Kier molecular flexibility index (Phi) is 6.60. The van der Waals surface area contributed by atoms with E-state index < -0.39 is 17.8 Å². The Morgan fingerprint density at radius 3 is 2.41 bits per heavy atom. The number of benzene rings is 3. The molecule has 1 saturated heterocycles. The van der Waals surface area contributed by atoms with Crippen LogP contribution in [0.5, 0.6) is 11.5 Å². The summed E-state index contributed by atoms with van der Waals surface area (Å²) >= 11 is 6.40. The van der Waals surface area contributed by atoms with E-state index in [-0.39, 0.29) is 34.5 Å². The molecule has 0 spiro atoms. The van der Waals surface area contributed by atoms with E-state index in [1.807, 2.05) is 0 Å². The number of carbonyl (C=O) groups excluding carboxylic acids is 3. The summed E-state index contributed by atoms with van der Waals surface area (Å²) in [5.41, 5.74) is 1.18. The zero-order valence-electron chi connectivity index (χ0n) is 17.9. The van der Waals surface area contributed by atoms with Crippen LogP contribution in [-0.4, -0.2) is 25.0 Å². The first-order valence-corrected chi connectivity index (χ1v) is 10.5. The van der Waals surface area contributed by atoms with Crippen molar-refractivity contribution in [1.29, 1.82) is 0 Å². The zero-order chi connectivity index (χ0) is 24.2. The molecular formula is C25H18ClFN2O5. The van der Waals surface area contributed by atoms with Crippen molar-refractivity contribution in [3.63, 3.8) is 0 Å². The lowest BCUT2D eigenvalue weighted by molar-refractivity contribution is -0.122. The maximum Gasteiger partial charge on any atom is 0.335 e. The van der Waals surface area contributed by atoms with Crippen LogP contribution in [0.3, 0.4) is 0 Å². The molecule has 4 rings (SSSR count). The first kappa shape index (κ1) is 23.0. The highest BCUT2D eigenvalue weighted by Crippen LogP contribution is 2.38. The van der Waals surface area contributed by atoms with Gasteiger partial charge in [0.25, 0.3) is 11.8 Å². The Morgan fingerprint density at radius 1 is 1.03 bits per heavy atom. The van der Waals surface area contributed by atoms with Crippen LogP contribution in [0.1, 0.15) is 11.1 Å². The SMILES string of the molecule is COc1cc(/C=C2/C(=O)NC(=O)N(c3ccccc3)C2=O)cc(Cl)c1OCc1ccc(F)cc1. The summed E-state index contributed by atoms with van der Waals surface area (Å²) in [6.45, 7) is 0.117. The summed E-state index contributed by atoms with van der Waals surface area (Å²) in [5.74, 6) is -1.44. The second-order valence-corrected chi connectivity index (χ2v) is 7.65. The Bertz CT molecular complexity index is 1290. The summed E-state index contributed by atoms with van der Waals surface area (Å²) in [5, 5.41) is 2.34. The molecule has 3 aromatic rings. The molecule has 1 fully saturated rings. The van der Waals surface area contributed by atoms with E-state index in [2.05, 4.69) is 5.32 Å². The van der Waals surface area contributed by atoms with E-state index in [1.165, 1.54) is 31.4 Å². The first-order chi connectivity index (χ1) is 16.4. The Labute approximate surface area is 199 Å². The van der Waals surface area contributed by atoms with E-state index in [9.17, 15) is 18.8 Å². The summed E-state index contributed by atoms with van der Waals surface area (Å²) in [4.78, 5) is 38.6. The molecule has 1 aliphatic rings. The molecule has 0 unspecified atom stereocenters. The van der Waals surface area contributed by atoms with Gasteiger partial charge in [-0.15, -0.1) is 0 Å². The van der Waals surface area contributed by atoms with Gasteiger partial charge in [0, 0.05) is 0 Å². The molecule has 0 radical (unpaired) electrons. The molecule has 172 valence electrons. The van der Waals surface area contributed by atoms with Gasteiger partial charge in [0.15, 0.2) is 11.5 Å². The van der Waals surface area contributed by atoms with Crippen LogP contribution in [0.2, 0.25) is 5.02 Å². The molecule has 0 atom stereocenters. The molecule has 34 heavy (non-hydrogen) atoms. The largest absolute Gasteiger partial charge is 0.493 e. The number of hydrogen-bond acceptors (Lipinski definition) is 5. The van der Waals surface area contributed by atoms with Crippen LogP contribution in [0.15, 0.2) is 72.3 Å². The number of hydrogen-bond donors (Lipinski definition) is 1. The quantitative estimate of drug-likeness (QED) is 0.407.